The number of ether oxygens (including phenoxy) is 4. The zero-order valence-corrected chi connectivity index (χ0v) is 38.2. The predicted octanol–water partition coefficient (Wildman–Crippen LogP) is 6.04. The zero-order valence-electron chi connectivity index (χ0n) is 37.1. The van der Waals surface area contributed by atoms with Gasteiger partial charge in [-0.15, -0.1) is 0 Å². The van der Waals surface area contributed by atoms with Crippen LogP contribution in [0, 0.1) is 0 Å². The molecule has 0 aromatic carbocycles. The SMILES string of the molecule is C=C(O)CCCCCCCCCCCCCCCCC(=O)N[C@@H](CCC(=O)NCCOCCOCC(=O)NCCOCCOCC(=C)NCCCC[C@H](NP)C(=O)O)C(=C)O. The Hall–Kier alpha value is -3.27. The summed E-state index contributed by atoms with van der Waals surface area (Å²) >= 11 is 0. The quantitative estimate of drug-likeness (QED) is 0.0199. The van der Waals surface area contributed by atoms with Crippen LogP contribution in [-0.2, 0) is 38.1 Å². The van der Waals surface area contributed by atoms with Crippen molar-refractivity contribution in [2.24, 2.45) is 0 Å². The van der Waals surface area contributed by atoms with Gasteiger partial charge in [0.25, 0.3) is 0 Å². The van der Waals surface area contributed by atoms with Gasteiger partial charge in [-0.2, -0.15) is 0 Å². The molecule has 0 aliphatic carbocycles. The number of unbranched alkanes of at least 4 members (excludes halogenated alkanes) is 14. The molecule has 0 bridgehead atoms. The lowest BCUT2D eigenvalue weighted by atomic mass is 10.0. The van der Waals surface area contributed by atoms with Crippen LogP contribution in [0.4, 0.5) is 0 Å². The minimum atomic E-state index is -0.864. The summed E-state index contributed by atoms with van der Waals surface area (Å²) < 4.78 is 21.7. The van der Waals surface area contributed by atoms with Gasteiger partial charge in [-0.1, -0.05) is 106 Å². The third-order valence-electron chi connectivity index (χ3n) is 9.70. The summed E-state index contributed by atoms with van der Waals surface area (Å²) in [5.74, 6) is -1.40. The van der Waals surface area contributed by atoms with Crippen molar-refractivity contribution in [3.8, 4) is 0 Å². The molecule has 0 saturated heterocycles. The van der Waals surface area contributed by atoms with Gasteiger partial charge in [-0.05, 0) is 38.5 Å². The molecule has 0 aliphatic rings. The second kappa shape index (κ2) is 42.1. The van der Waals surface area contributed by atoms with E-state index in [-0.39, 0.29) is 69.3 Å². The van der Waals surface area contributed by atoms with Crippen molar-refractivity contribution >= 4 is 33.1 Å². The molecule has 8 N–H and O–H groups in total. The molecule has 0 rings (SSSR count). The lowest BCUT2D eigenvalue weighted by molar-refractivity contribution is -0.139. The van der Waals surface area contributed by atoms with Crippen molar-refractivity contribution in [2.75, 3.05) is 72.5 Å². The van der Waals surface area contributed by atoms with Crippen molar-refractivity contribution in [2.45, 2.75) is 147 Å². The second-order valence-corrected chi connectivity index (χ2v) is 15.6. The highest BCUT2D eigenvalue weighted by molar-refractivity contribution is 7.13. The predicted molar refractivity (Wildman–Crippen MR) is 243 cm³/mol. The average molecular weight is 888 g/mol. The highest BCUT2D eigenvalue weighted by atomic mass is 31.0. The van der Waals surface area contributed by atoms with Gasteiger partial charge in [0.2, 0.25) is 17.7 Å². The molecule has 0 radical (unpaired) electrons. The molecule has 0 fully saturated rings. The standard InChI is InChI=1S/C44H82N5O11P/c1-36(45-25-19-18-21-40(49-61)44(55)56)34-59-32-30-58-29-27-47-43(54)35-60-33-31-57-28-26-46-41(52)24-23-39(38(3)51)48-42(53)22-17-15-13-11-9-7-5-4-6-8-10-12-14-16-20-37(2)50/h39-40,45,49-51H,1-35,61H2,(H,46,52)(H,47,54)(H,48,53)(H,55,56)/t39-,40-/m0/s1. The third-order valence-corrected chi connectivity index (χ3v) is 10.1. The van der Waals surface area contributed by atoms with E-state index < -0.39 is 18.1 Å². The summed E-state index contributed by atoms with van der Waals surface area (Å²) in [6.07, 6.45) is 20.0. The molecular formula is C44H82N5O11P. The first kappa shape index (κ1) is 57.7. The number of hydrogen-bond donors (Lipinski definition) is 8. The molecule has 61 heavy (non-hydrogen) atoms. The molecule has 0 heterocycles. The number of amides is 3. The van der Waals surface area contributed by atoms with Gasteiger partial charge in [0.05, 0.1) is 58.0 Å². The zero-order chi connectivity index (χ0) is 45.2. The van der Waals surface area contributed by atoms with Crippen molar-refractivity contribution < 1.29 is 53.4 Å². The molecule has 0 aliphatic heterocycles. The van der Waals surface area contributed by atoms with Gasteiger partial charge in [0, 0.05) is 44.6 Å². The van der Waals surface area contributed by atoms with Crippen LogP contribution in [0.2, 0.25) is 0 Å². The maximum Gasteiger partial charge on any atom is 0.320 e. The number of aliphatic hydroxyl groups excluding tert-OH is 2. The number of carboxylic acid groups (broad SMARTS) is 1. The Morgan fingerprint density at radius 3 is 1.48 bits per heavy atom. The molecular weight excluding hydrogens is 805 g/mol. The highest BCUT2D eigenvalue weighted by Gasteiger charge is 2.17. The van der Waals surface area contributed by atoms with E-state index in [0.717, 1.165) is 50.6 Å². The number of carbonyl (C=O) groups excluding carboxylic acids is 3. The average Bonchev–Trinajstić information content (AvgIpc) is 3.22. The van der Waals surface area contributed by atoms with Crippen LogP contribution < -0.4 is 26.4 Å². The van der Waals surface area contributed by atoms with Gasteiger partial charge in [-0.3, -0.25) is 24.3 Å². The van der Waals surface area contributed by atoms with E-state index >= 15 is 0 Å². The van der Waals surface area contributed by atoms with Crippen LogP contribution in [0.15, 0.2) is 37.0 Å². The fourth-order valence-electron chi connectivity index (χ4n) is 6.13. The smallest absolute Gasteiger partial charge is 0.320 e. The van der Waals surface area contributed by atoms with Crippen LogP contribution >= 0.6 is 9.39 Å². The van der Waals surface area contributed by atoms with E-state index in [1.54, 1.807) is 0 Å². The molecule has 1 unspecified atom stereocenters. The lowest BCUT2D eigenvalue weighted by Crippen LogP contribution is -2.37. The molecule has 17 heteroatoms. The van der Waals surface area contributed by atoms with Gasteiger partial charge >= 0.3 is 5.97 Å². The second-order valence-electron chi connectivity index (χ2n) is 15.3. The van der Waals surface area contributed by atoms with Gasteiger partial charge in [0.1, 0.15) is 18.4 Å². The number of hydrogen-bond acceptors (Lipinski definition) is 12. The molecule has 0 spiro atoms. The first-order valence-corrected chi connectivity index (χ1v) is 23.0. The van der Waals surface area contributed by atoms with Crippen LogP contribution in [0.5, 0.6) is 0 Å². The number of aliphatic carboxylic acids is 1. The van der Waals surface area contributed by atoms with Crippen LogP contribution in [0.25, 0.3) is 0 Å². The number of carbonyl (C=O) groups is 4. The topological polar surface area (TPSA) is 226 Å². The number of nitrogens with one attached hydrogen (secondary N) is 5. The fraction of sp³-hybridized carbons (Fsp3) is 0.773. The normalized spacial score (nSPS) is 12.0. The van der Waals surface area contributed by atoms with E-state index in [1.165, 1.54) is 64.2 Å². The molecule has 0 saturated carbocycles. The first-order valence-electron chi connectivity index (χ1n) is 22.4. The van der Waals surface area contributed by atoms with E-state index in [1.807, 2.05) is 0 Å². The maximum atomic E-state index is 12.4. The summed E-state index contributed by atoms with van der Waals surface area (Å²) in [5, 5.41) is 42.2. The molecule has 0 aromatic rings. The Kier molecular flexibility index (Phi) is 39.8. The molecule has 354 valence electrons. The number of aliphatic hydroxyl groups is 2. The Morgan fingerprint density at radius 2 is 0.967 bits per heavy atom. The van der Waals surface area contributed by atoms with Crippen molar-refractivity contribution in [3.05, 3.63) is 37.0 Å². The minimum absolute atomic E-state index is 0.107. The van der Waals surface area contributed by atoms with Crippen molar-refractivity contribution in [3.63, 3.8) is 0 Å². The van der Waals surface area contributed by atoms with E-state index in [2.05, 4.69) is 55.5 Å². The van der Waals surface area contributed by atoms with Crippen LogP contribution in [-0.4, -0.2) is 124 Å². The summed E-state index contributed by atoms with van der Waals surface area (Å²) in [6.45, 7) is 14.3. The van der Waals surface area contributed by atoms with Crippen LogP contribution in [0.3, 0.4) is 0 Å². The van der Waals surface area contributed by atoms with Gasteiger partial charge in [-0.25, -0.2) is 0 Å². The lowest BCUT2D eigenvalue weighted by Gasteiger charge is -2.17. The Labute approximate surface area is 368 Å². The fourth-order valence-corrected chi connectivity index (χ4v) is 6.44. The Bertz CT molecular complexity index is 1200. The molecule has 16 nitrogen and oxygen atoms in total. The van der Waals surface area contributed by atoms with Crippen molar-refractivity contribution in [1.29, 1.82) is 0 Å². The summed E-state index contributed by atoms with van der Waals surface area (Å²) in [4.78, 5) is 47.7. The maximum absolute atomic E-state index is 12.4. The summed E-state index contributed by atoms with van der Waals surface area (Å²) in [7, 11) is 2.24. The number of allylic oxidation sites excluding steroid dienone is 1. The highest BCUT2D eigenvalue weighted by Crippen LogP contribution is 2.15. The van der Waals surface area contributed by atoms with E-state index in [9.17, 15) is 24.3 Å². The summed E-state index contributed by atoms with van der Waals surface area (Å²) in [6, 6.07) is -1.25. The number of carboxylic acids is 1. The van der Waals surface area contributed by atoms with Gasteiger partial charge in [0.15, 0.2) is 0 Å². The molecule has 3 amide bonds. The monoisotopic (exact) mass is 888 g/mol. The van der Waals surface area contributed by atoms with Crippen molar-refractivity contribution in [1.82, 2.24) is 26.4 Å². The van der Waals surface area contributed by atoms with E-state index in [0.29, 0.717) is 58.1 Å². The van der Waals surface area contributed by atoms with Crippen LogP contribution in [0.1, 0.15) is 135 Å². The third kappa shape index (κ3) is 40.6. The largest absolute Gasteiger partial charge is 0.513 e. The Balaban J connectivity index is 3.65. The molecule has 3 atom stereocenters. The van der Waals surface area contributed by atoms with E-state index in [4.69, 9.17) is 29.2 Å². The minimum Gasteiger partial charge on any atom is -0.513 e. The Morgan fingerprint density at radius 1 is 0.475 bits per heavy atom. The molecule has 0 aromatic heterocycles. The summed E-state index contributed by atoms with van der Waals surface area (Å²) in [5.41, 5.74) is 0.736. The first-order chi connectivity index (χ1) is 29.5. The number of rotatable bonds is 46. The van der Waals surface area contributed by atoms with Gasteiger partial charge < -0.3 is 55.5 Å².